The van der Waals surface area contributed by atoms with Gasteiger partial charge < -0.3 is 26.2 Å². The summed E-state index contributed by atoms with van der Waals surface area (Å²) in [5.74, 6) is 0.301. The summed E-state index contributed by atoms with van der Waals surface area (Å²) in [7, 11) is 0. The number of nitrogens with two attached hydrogens (primary N) is 1. The number of rotatable bonds is 4. The fourth-order valence-electron chi connectivity index (χ4n) is 5.94. The SMILES string of the molecule is CCN1CCN(c2ccncc2NC(=O)c2c(N)nn3c2NCC(F)C32CCCCCCC2)CC1. The zero-order chi connectivity index (χ0) is 24.4. The highest BCUT2D eigenvalue weighted by Gasteiger charge is 2.47. The van der Waals surface area contributed by atoms with Crippen LogP contribution >= 0.6 is 0 Å². The summed E-state index contributed by atoms with van der Waals surface area (Å²) in [5.41, 5.74) is 7.43. The van der Waals surface area contributed by atoms with Crippen LogP contribution in [0.2, 0.25) is 0 Å². The highest BCUT2D eigenvalue weighted by atomic mass is 19.1. The summed E-state index contributed by atoms with van der Waals surface area (Å²) in [6.45, 7) is 7.09. The Balaban J connectivity index is 1.42. The van der Waals surface area contributed by atoms with E-state index in [0.717, 1.165) is 64.1 Å². The molecule has 1 saturated carbocycles. The molecule has 0 radical (unpaired) electrons. The molecule has 1 aliphatic carbocycles. The Kier molecular flexibility index (Phi) is 6.82. The highest BCUT2D eigenvalue weighted by molar-refractivity contribution is 6.12. The minimum atomic E-state index is -1.07. The quantitative estimate of drug-likeness (QED) is 0.611. The second-order valence-electron chi connectivity index (χ2n) is 10.0. The Morgan fingerprint density at radius 2 is 1.91 bits per heavy atom. The highest BCUT2D eigenvalue weighted by Crippen LogP contribution is 2.44. The summed E-state index contributed by atoms with van der Waals surface area (Å²) >= 11 is 0. The van der Waals surface area contributed by atoms with Crippen molar-refractivity contribution in [3.63, 3.8) is 0 Å². The van der Waals surface area contributed by atoms with Gasteiger partial charge in [-0.25, -0.2) is 9.07 Å². The summed E-state index contributed by atoms with van der Waals surface area (Å²) in [6.07, 6.45) is 9.04. The third-order valence-corrected chi connectivity index (χ3v) is 8.02. The molecule has 3 aliphatic rings. The van der Waals surface area contributed by atoms with Crippen LogP contribution in [0.3, 0.4) is 0 Å². The summed E-state index contributed by atoms with van der Waals surface area (Å²) in [4.78, 5) is 22.5. The number of amides is 1. The number of fused-ring (bicyclic) bond motifs is 2. The van der Waals surface area contributed by atoms with Crippen LogP contribution in [0.25, 0.3) is 0 Å². The lowest BCUT2D eigenvalue weighted by Gasteiger charge is -2.42. The second kappa shape index (κ2) is 10.0. The Hall–Kier alpha value is -2.88. The number of alkyl halides is 1. The maximum atomic E-state index is 15.4. The van der Waals surface area contributed by atoms with Gasteiger partial charge in [0, 0.05) is 38.9 Å². The molecule has 4 heterocycles. The molecule has 1 atom stereocenters. The first-order chi connectivity index (χ1) is 17.0. The number of anilines is 4. The van der Waals surface area contributed by atoms with Gasteiger partial charge in [-0.05, 0) is 25.5 Å². The van der Waals surface area contributed by atoms with E-state index in [4.69, 9.17) is 5.73 Å². The summed E-state index contributed by atoms with van der Waals surface area (Å²) in [6, 6.07) is 1.93. The van der Waals surface area contributed by atoms with Gasteiger partial charge in [-0.15, -0.1) is 0 Å². The first kappa shape index (κ1) is 23.8. The van der Waals surface area contributed by atoms with E-state index in [1.807, 2.05) is 6.07 Å². The predicted octanol–water partition coefficient (Wildman–Crippen LogP) is 3.46. The van der Waals surface area contributed by atoms with Gasteiger partial charge in [0.25, 0.3) is 5.91 Å². The van der Waals surface area contributed by atoms with E-state index in [1.165, 1.54) is 6.42 Å². The van der Waals surface area contributed by atoms with Crippen LogP contribution in [0, 0.1) is 0 Å². The molecule has 2 aromatic rings. The number of pyridine rings is 1. The lowest BCUT2D eigenvalue weighted by molar-refractivity contribution is 0.0691. The number of piperazine rings is 1. The summed E-state index contributed by atoms with van der Waals surface area (Å²) in [5, 5.41) is 10.7. The van der Waals surface area contributed by atoms with E-state index >= 15 is 4.39 Å². The van der Waals surface area contributed by atoms with Crippen molar-refractivity contribution in [1.29, 1.82) is 0 Å². The van der Waals surface area contributed by atoms with E-state index in [9.17, 15) is 4.79 Å². The van der Waals surface area contributed by atoms with Crippen LogP contribution in [0.5, 0.6) is 0 Å². The monoisotopic (exact) mass is 484 g/mol. The van der Waals surface area contributed by atoms with E-state index in [0.29, 0.717) is 24.3 Å². The van der Waals surface area contributed by atoms with Crippen LogP contribution in [-0.2, 0) is 5.54 Å². The van der Waals surface area contributed by atoms with E-state index < -0.39 is 11.7 Å². The van der Waals surface area contributed by atoms with Crippen molar-refractivity contribution in [1.82, 2.24) is 19.7 Å². The molecule has 0 bridgehead atoms. The number of nitrogen functional groups attached to an aromatic ring is 1. The zero-order valence-electron chi connectivity index (χ0n) is 20.6. The molecule has 10 heteroatoms. The topological polar surface area (TPSA) is 104 Å². The van der Waals surface area contributed by atoms with Crippen molar-refractivity contribution >= 4 is 28.9 Å². The third-order valence-electron chi connectivity index (χ3n) is 8.02. The molecule has 9 nitrogen and oxygen atoms in total. The van der Waals surface area contributed by atoms with Gasteiger partial charge in [0.1, 0.15) is 17.6 Å². The van der Waals surface area contributed by atoms with Crippen LogP contribution < -0.4 is 21.3 Å². The fraction of sp³-hybridized carbons (Fsp3) is 0.640. The van der Waals surface area contributed by atoms with E-state index in [-0.39, 0.29) is 23.8 Å². The van der Waals surface area contributed by atoms with Crippen LogP contribution in [0.15, 0.2) is 18.5 Å². The predicted molar refractivity (Wildman–Crippen MR) is 137 cm³/mol. The Bertz CT molecular complexity index is 1040. The van der Waals surface area contributed by atoms with Crippen molar-refractivity contribution in [2.75, 3.05) is 60.5 Å². The van der Waals surface area contributed by atoms with Crippen molar-refractivity contribution in [2.24, 2.45) is 0 Å². The second-order valence-corrected chi connectivity index (χ2v) is 10.0. The first-order valence-electron chi connectivity index (χ1n) is 13.0. The maximum absolute atomic E-state index is 15.4. The molecule has 1 unspecified atom stereocenters. The largest absolute Gasteiger partial charge is 0.381 e. The number of carbonyl (C=O) groups is 1. The molecule has 1 spiro atoms. The van der Waals surface area contributed by atoms with Crippen molar-refractivity contribution in [2.45, 2.75) is 63.6 Å². The van der Waals surface area contributed by atoms with Gasteiger partial charge in [-0.2, -0.15) is 5.10 Å². The maximum Gasteiger partial charge on any atom is 0.263 e. The van der Waals surface area contributed by atoms with E-state index in [2.05, 4.69) is 37.4 Å². The number of halogens is 1. The van der Waals surface area contributed by atoms with Crippen molar-refractivity contribution in [3.8, 4) is 0 Å². The Labute approximate surface area is 206 Å². The summed E-state index contributed by atoms with van der Waals surface area (Å²) < 4.78 is 17.1. The Morgan fingerprint density at radius 1 is 1.20 bits per heavy atom. The number of hydrogen-bond acceptors (Lipinski definition) is 7. The molecular weight excluding hydrogens is 447 g/mol. The molecule has 0 aromatic carbocycles. The van der Waals surface area contributed by atoms with Crippen LogP contribution in [0.1, 0.15) is 62.2 Å². The van der Waals surface area contributed by atoms with Gasteiger partial charge in [0.05, 0.1) is 23.1 Å². The number of likely N-dealkylation sites (N-methyl/N-ethyl adjacent to an activating group) is 1. The number of nitrogens with zero attached hydrogens (tertiary/aromatic N) is 5. The number of aromatic nitrogens is 3. The van der Waals surface area contributed by atoms with Crippen molar-refractivity contribution in [3.05, 3.63) is 24.0 Å². The average Bonchev–Trinajstić information content (AvgIpc) is 3.20. The third kappa shape index (κ3) is 4.44. The molecule has 190 valence electrons. The molecule has 35 heavy (non-hydrogen) atoms. The standard InChI is InChI=1S/C25H37FN8O/c1-2-32-12-14-33(15-13-32)19-8-11-28-16-18(19)30-24(35)21-22(27)31-34-23(21)29-17-20(26)25(34)9-6-4-3-5-7-10-25/h8,11,16,20,29H,2-7,9-10,12-15,17H2,1H3,(H2,27,31)(H,30,35). The molecule has 1 saturated heterocycles. The van der Waals surface area contributed by atoms with Gasteiger partial charge in [-0.3, -0.25) is 9.78 Å². The Morgan fingerprint density at radius 3 is 2.63 bits per heavy atom. The minimum absolute atomic E-state index is 0.127. The van der Waals surface area contributed by atoms with Crippen LogP contribution in [-0.4, -0.2) is 71.0 Å². The smallest absolute Gasteiger partial charge is 0.263 e. The first-order valence-corrected chi connectivity index (χ1v) is 13.0. The molecule has 2 aromatic heterocycles. The zero-order valence-corrected chi connectivity index (χ0v) is 20.6. The average molecular weight is 485 g/mol. The normalized spacial score (nSPS) is 22.7. The minimum Gasteiger partial charge on any atom is -0.381 e. The number of hydrogen-bond donors (Lipinski definition) is 3. The van der Waals surface area contributed by atoms with Gasteiger partial charge in [0.15, 0.2) is 5.82 Å². The molecule has 2 aliphatic heterocycles. The molecule has 4 N–H and O–H groups in total. The fourth-order valence-corrected chi connectivity index (χ4v) is 5.94. The molecule has 1 amide bonds. The lowest BCUT2D eigenvalue weighted by atomic mass is 9.79. The van der Waals surface area contributed by atoms with Crippen LogP contribution in [0.4, 0.5) is 27.4 Å². The number of nitrogens with one attached hydrogen (secondary N) is 2. The lowest BCUT2D eigenvalue weighted by Crippen LogP contribution is -2.51. The van der Waals surface area contributed by atoms with Gasteiger partial charge in [-0.1, -0.05) is 39.0 Å². The van der Waals surface area contributed by atoms with Gasteiger partial charge >= 0.3 is 0 Å². The van der Waals surface area contributed by atoms with Crippen molar-refractivity contribution < 1.29 is 9.18 Å². The van der Waals surface area contributed by atoms with E-state index in [1.54, 1.807) is 17.1 Å². The molecular formula is C25H37FN8O. The number of carbonyl (C=O) groups excluding carboxylic acids is 1. The molecule has 2 fully saturated rings. The van der Waals surface area contributed by atoms with Gasteiger partial charge in [0.2, 0.25) is 0 Å². The molecule has 5 rings (SSSR count).